The van der Waals surface area contributed by atoms with Crippen LogP contribution in [-0.2, 0) is 17.9 Å². The monoisotopic (exact) mass is 264 g/mol. The Bertz CT molecular complexity index is 570. The predicted octanol–water partition coefficient (Wildman–Crippen LogP) is -0.227. The number of anilines is 1. The van der Waals surface area contributed by atoms with Gasteiger partial charge in [-0.3, -0.25) is 4.79 Å². The summed E-state index contributed by atoms with van der Waals surface area (Å²) in [4.78, 5) is 18.6. The van der Waals surface area contributed by atoms with E-state index in [2.05, 4.69) is 25.6 Å². The molecule has 2 N–H and O–H groups in total. The molecular weight excluding hydrogens is 252 g/mol. The maximum Gasteiger partial charge on any atom is 0.325 e. The first-order chi connectivity index (χ1) is 9.17. The minimum atomic E-state index is -0.972. The summed E-state index contributed by atoms with van der Waals surface area (Å²) < 4.78 is 6.21. The molecule has 2 aromatic rings. The third-order valence-electron chi connectivity index (χ3n) is 2.15. The summed E-state index contributed by atoms with van der Waals surface area (Å²) in [6, 6.07) is 1.63. The van der Waals surface area contributed by atoms with Gasteiger partial charge in [0.1, 0.15) is 12.2 Å². The molecule has 0 aromatic carbocycles. The van der Waals surface area contributed by atoms with Crippen molar-refractivity contribution in [3.8, 4) is 5.88 Å². The lowest BCUT2D eigenvalue weighted by atomic mass is 10.4. The average molecular weight is 264 g/mol. The molecule has 9 heteroatoms. The summed E-state index contributed by atoms with van der Waals surface area (Å²) in [5.41, 5.74) is 0.590. The lowest BCUT2D eigenvalue weighted by Crippen LogP contribution is -2.09. The molecule has 0 radical (unpaired) electrons. The standard InChI is InChI=1S/C10H12N6O3/c1-19-8-2-3-11-10(13-8)12-4-7-5-16(15-14-7)6-9(17)18/h2-3,5H,4,6H2,1H3,(H,17,18)(H,11,12,13). The number of nitrogens with one attached hydrogen (secondary N) is 1. The van der Waals surface area contributed by atoms with Gasteiger partial charge in [0.2, 0.25) is 11.8 Å². The number of hydrogen-bond donors (Lipinski definition) is 2. The number of aromatic nitrogens is 5. The highest BCUT2D eigenvalue weighted by molar-refractivity contribution is 5.66. The molecule has 0 aliphatic heterocycles. The largest absolute Gasteiger partial charge is 0.481 e. The molecular formula is C10H12N6O3. The van der Waals surface area contributed by atoms with Gasteiger partial charge in [-0.2, -0.15) is 4.98 Å². The van der Waals surface area contributed by atoms with Gasteiger partial charge in [0.05, 0.1) is 19.9 Å². The van der Waals surface area contributed by atoms with Crippen molar-refractivity contribution in [3.63, 3.8) is 0 Å². The Balaban J connectivity index is 1.94. The maximum absolute atomic E-state index is 10.5. The van der Waals surface area contributed by atoms with Gasteiger partial charge in [-0.15, -0.1) is 5.10 Å². The van der Waals surface area contributed by atoms with E-state index in [-0.39, 0.29) is 6.54 Å². The Morgan fingerprint density at radius 1 is 1.58 bits per heavy atom. The highest BCUT2D eigenvalue weighted by Crippen LogP contribution is 2.07. The van der Waals surface area contributed by atoms with Gasteiger partial charge in [-0.05, 0) is 0 Å². The molecule has 0 aliphatic carbocycles. The van der Waals surface area contributed by atoms with Crippen LogP contribution in [0.5, 0.6) is 5.88 Å². The summed E-state index contributed by atoms with van der Waals surface area (Å²) in [5.74, 6) is -0.125. The van der Waals surface area contributed by atoms with Crippen LogP contribution in [0.2, 0.25) is 0 Å². The second kappa shape index (κ2) is 5.76. The van der Waals surface area contributed by atoms with Crippen LogP contribution in [0.25, 0.3) is 0 Å². The molecule has 0 saturated carbocycles. The zero-order chi connectivity index (χ0) is 13.7. The molecule has 0 saturated heterocycles. The predicted molar refractivity (Wildman–Crippen MR) is 63.6 cm³/mol. The molecule has 2 heterocycles. The molecule has 2 aromatic heterocycles. The van der Waals surface area contributed by atoms with Crippen molar-refractivity contribution in [1.29, 1.82) is 0 Å². The smallest absolute Gasteiger partial charge is 0.325 e. The fourth-order valence-corrected chi connectivity index (χ4v) is 1.35. The zero-order valence-corrected chi connectivity index (χ0v) is 10.1. The van der Waals surface area contributed by atoms with Gasteiger partial charge in [-0.25, -0.2) is 9.67 Å². The third-order valence-corrected chi connectivity index (χ3v) is 2.15. The minimum Gasteiger partial charge on any atom is -0.481 e. The molecule has 2 rings (SSSR count). The van der Waals surface area contributed by atoms with Crippen LogP contribution >= 0.6 is 0 Å². The second-order valence-electron chi connectivity index (χ2n) is 3.58. The fourth-order valence-electron chi connectivity index (χ4n) is 1.35. The van der Waals surface area contributed by atoms with E-state index < -0.39 is 5.97 Å². The van der Waals surface area contributed by atoms with Crippen LogP contribution < -0.4 is 10.1 Å². The van der Waals surface area contributed by atoms with E-state index in [1.54, 1.807) is 18.5 Å². The van der Waals surface area contributed by atoms with E-state index in [0.29, 0.717) is 24.1 Å². The molecule has 0 spiro atoms. The second-order valence-corrected chi connectivity index (χ2v) is 3.58. The summed E-state index contributed by atoms with van der Waals surface area (Å²) in [6.07, 6.45) is 3.11. The van der Waals surface area contributed by atoms with Gasteiger partial charge < -0.3 is 15.2 Å². The molecule has 0 amide bonds. The number of ether oxygens (including phenoxy) is 1. The quantitative estimate of drug-likeness (QED) is 0.735. The van der Waals surface area contributed by atoms with E-state index in [0.717, 1.165) is 0 Å². The van der Waals surface area contributed by atoms with Gasteiger partial charge >= 0.3 is 5.97 Å². The molecule has 0 bridgehead atoms. The minimum absolute atomic E-state index is 0.220. The number of carboxylic acid groups (broad SMARTS) is 1. The molecule has 100 valence electrons. The van der Waals surface area contributed by atoms with Crippen LogP contribution in [0.4, 0.5) is 5.95 Å². The van der Waals surface area contributed by atoms with E-state index in [1.807, 2.05) is 0 Å². The zero-order valence-electron chi connectivity index (χ0n) is 10.1. The van der Waals surface area contributed by atoms with Crippen molar-refractivity contribution < 1.29 is 14.6 Å². The van der Waals surface area contributed by atoms with Gasteiger partial charge in [0.25, 0.3) is 0 Å². The van der Waals surface area contributed by atoms with E-state index in [9.17, 15) is 4.79 Å². The summed E-state index contributed by atoms with van der Waals surface area (Å²) in [5, 5.41) is 19.1. The lowest BCUT2D eigenvalue weighted by molar-refractivity contribution is -0.137. The topological polar surface area (TPSA) is 115 Å². The molecule has 19 heavy (non-hydrogen) atoms. The van der Waals surface area contributed by atoms with Crippen LogP contribution in [0.3, 0.4) is 0 Å². The summed E-state index contributed by atoms with van der Waals surface area (Å²) in [7, 11) is 1.52. The first-order valence-corrected chi connectivity index (χ1v) is 5.39. The van der Waals surface area contributed by atoms with E-state index in [1.165, 1.54) is 11.8 Å². The van der Waals surface area contributed by atoms with Crippen LogP contribution in [0.1, 0.15) is 5.69 Å². The van der Waals surface area contributed by atoms with Crippen molar-refractivity contribution in [2.24, 2.45) is 0 Å². The summed E-state index contributed by atoms with van der Waals surface area (Å²) in [6.45, 7) is 0.120. The SMILES string of the molecule is COc1ccnc(NCc2cn(CC(=O)O)nn2)n1. The molecule has 0 fully saturated rings. The van der Waals surface area contributed by atoms with Crippen molar-refractivity contribution in [2.75, 3.05) is 12.4 Å². The van der Waals surface area contributed by atoms with E-state index in [4.69, 9.17) is 9.84 Å². The highest BCUT2D eigenvalue weighted by Gasteiger charge is 2.05. The fraction of sp³-hybridized carbons (Fsp3) is 0.300. The molecule has 0 aliphatic rings. The number of nitrogens with zero attached hydrogens (tertiary/aromatic N) is 5. The normalized spacial score (nSPS) is 10.2. The van der Waals surface area contributed by atoms with Gasteiger partial charge in [0, 0.05) is 12.3 Å². The van der Waals surface area contributed by atoms with Crippen LogP contribution in [0, 0.1) is 0 Å². The van der Waals surface area contributed by atoms with Gasteiger partial charge in [0.15, 0.2) is 0 Å². The number of hydrogen-bond acceptors (Lipinski definition) is 7. The van der Waals surface area contributed by atoms with Crippen molar-refractivity contribution in [1.82, 2.24) is 25.0 Å². The Morgan fingerprint density at radius 3 is 3.16 bits per heavy atom. The van der Waals surface area contributed by atoms with Crippen molar-refractivity contribution in [3.05, 3.63) is 24.2 Å². The lowest BCUT2D eigenvalue weighted by Gasteiger charge is -2.03. The van der Waals surface area contributed by atoms with Gasteiger partial charge in [-0.1, -0.05) is 5.21 Å². The number of aliphatic carboxylic acids is 1. The van der Waals surface area contributed by atoms with E-state index >= 15 is 0 Å². The number of carboxylic acids is 1. The van der Waals surface area contributed by atoms with Crippen LogP contribution in [0.15, 0.2) is 18.5 Å². The average Bonchev–Trinajstić information content (AvgIpc) is 2.83. The third kappa shape index (κ3) is 3.63. The number of methoxy groups -OCH3 is 1. The number of carbonyl (C=O) groups is 1. The first-order valence-electron chi connectivity index (χ1n) is 5.39. The highest BCUT2D eigenvalue weighted by atomic mass is 16.5. The Labute approximate surface area is 108 Å². The number of rotatable bonds is 6. The van der Waals surface area contributed by atoms with Crippen molar-refractivity contribution in [2.45, 2.75) is 13.1 Å². The molecule has 9 nitrogen and oxygen atoms in total. The van der Waals surface area contributed by atoms with Crippen LogP contribution in [-0.4, -0.2) is 43.1 Å². The Kier molecular flexibility index (Phi) is 3.86. The first kappa shape index (κ1) is 12.7. The Morgan fingerprint density at radius 2 is 2.42 bits per heavy atom. The molecule has 0 unspecified atom stereocenters. The van der Waals surface area contributed by atoms with Crippen molar-refractivity contribution >= 4 is 11.9 Å². The Hall–Kier alpha value is -2.71. The summed E-state index contributed by atoms with van der Waals surface area (Å²) >= 11 is 0. The molecule has 0 atom stereocenters. The maximum atomic E-state index is 10.5.